The number of carbonyl (C=O) groups is 3. The minimum atomic E-state index is -1.03. The van der Waals surface area contributed by atoms with Gasteiger partial charge >= 0.3 is 5.97 Å². The highest BCUT2D eigenvalue weighted by atomic mass is 16.4. The van der Waals surface area contributed by atoms with E-state index in [0.29, 0.717) is 11.3 Å². The number of hydrogen-bond donors (Lipinski definition) is 2. The van der Waals surface area contributed by atoms with Crippen molar-refractivity contribution in [3.8, 4) is 0 Å². The first kappa shape index (κ1) is 14.7. The molecule has 19 heavy (non-hydrogen) atoms. The first-order valence-electron chi connectivity index (χ1n) is 5.74. The van der Waals surface area contributed by atoms with Crippen LogP contribution in [0.4, 0.5) is 5.69 Å². The molecule has 0 aliphatic heterocycles. The van der Waals surface area contributed by atoms with Crippen LogP contribution in [0.1, 0.15) is 23.2 Å². The Morgan fingerprint density at radius 3 is 2.37 bits per heavy atom. The van der Waals surface area contributed by atoms with Gasteiger partial charge in [-0.1, -0.05) is 12.1 Å². The molecule has 0 atom stereocenters. The smallest absolute Gasteiger partial charge is 0.303 e. The maximum Gasteiger partial charge on any atom is 0.303 e. The average Bonchev–Trinajstić information content (AvgIpc) is 2.36. The molecule has 0 fully saturated rings. The third-order valence-electron chi connectivity index (χ3n) is 2.40. The van der Waals surface area contributed by atoms with Crippen molar-refractivity contribution in [1.82, 2.24) is 4.90 Å². The van der Waals surface area contributed by atoms with Crippen molar-refractivity contribution in [2.45, 2.75) is 12.8 Å². The molecule has 1 rings (SSSR count). The zero-order valence-electron chi connectivity index (χ0n) is 10.8. The number of carbonyl (C=O) groups excluding carboxylic acids is 2. The van der Waals surface area contributed by atoms with Crippen molar-refractivity contribution < 1.29 is 19.5 Å². The Morgan fingerprint density at radius 2 is 1.79 bits per heavy atom. The molecule has 1 aromatic carbocycles. The van der Waals surface area contributed by atoms with E-state index < -0.39 is 11.9 Å². The number of amides is 2. The quantitative estimate of drug-likeness (QED) is 0.836. The van der Waals surface area contributed by atoms with E-state index in [9.17, 15) is 14.4 Å². The Kier molecular flexibility index (Phi) is 5.05. The van der Waals surface area contributed by atoms with E-state index in [1.165, 1.54) is 4.90 Å². The molecular weight excluding hydrogens is 248 g/mol. The molecule has 102 valence electrons. The fourth-order valence-corrected chi connectivity index (χ4v) is 1.45. The highest BCUT2D eigenvalue weighted by Crippen LogP contribution is 2.16. The molecule has 0 aliphatic rings. The molecule has 0 unspecified atom stereocenters. The zero-order valence-corrected chi connectivity index (χ0v) is 10.8. The van der Waals surface area contributed by atoms with Gasteiger partial charge in [0.1, 0.15) is 0 Å². The molecule has 0 aromatic heterocycles. The predicted octanol–water partition coefficient (Wildman–Crippen LogP) is 1.19. The summed E-state index contributed by atoms with van der Waals surface area (Å²) in [5.41, 5.74) is 0.757. The zero-order chi connectivity index (χ0) is 14.4. The molecule has 2 amide bonds. The van der Waals surface area contributed by atoms with Gasteiger partial charge in [0.2, 0.25) is 5.91 Å². The molecule has 0 spiro atoms. The normalized spacial score (nSPS) is 9.79. The molecule has 0 aliphatic carbocycles. The van der Waals surface area contributed by atoms with E-state index in [1.807, 2.05) is 0 Å². The third kappa shape index (κ3) is 4.42. The molecular formula is C13H16N2O4. The largest absolute Gasteiger partial charge is 0.481 e. The summed E-state index contributed by atoms with van der Waals surface area (Å²) in [5, 5.41) is 11.1. The number of anilines is 1. The molecule has 6 heteroatoms. The number of carboxylic acid groups (broad SMARTS) is 1. The molecule has 6 nitrogen and oxygen atoms in total. The molecule has 0 bridgehead atoms. The summed E-state index contributed by atoms with van der Waals surface area (Å²) >= 11 is 0. The SMILES string of the molecule is CN(C)C(=O)c1ccccc1NC(=O)CCC(=O)O. The van der Waals surface area contributed by atoms with Crippen molar-refractivity contribution in [3.05, 3.63) is 29.8 Å². The van der Waals surface area contributed by atoms with Crippen molar-refractivity contribution >= 4 is 23.5 Å². The monoisotopic (exact) mass is 264 g/mol. The predicted molar refractivity (Wildman–Crippen MR) is 70.0 cm³/mol. The highest BCUT2D eigenvalue weighted by molar-refractivity contribution is 6.03. The summed E-state index contributed by atoms with van der Waals surface area (Å²) in [5.74, 6) is -1.69. The maximum atomic E-state index is 11.9. The van der Waals surface area contributed by atoms with E-state index in [-0.39, 0.29) is 18.7 Å². The molecule has 2 N–H and O–H groups in total. The third-order valence-corrected chi connectivity index (χ3v) is 2.40. The Labute approximate surface area is 111 Å². The number of nitrogens with one attached hydrogen (secondary N) is 1. The fourth-order valence-electron chi connectivity index (χ4n) is 1.45. The lowest BCUT2D eigenvalue weighted by atomic mass is 10.1. The summed E-state index contributed by atoms with van der Waals surface area (Å²) in [7, 11) is 3.23. The molecule has 0 saturated carbocycles. The van der Waals surface area contributed by atoms with Gasteiger partial charge in [-0.3, -0.25) is 14.4 Å². The topological polar surface area (TPSA) is 86.7 Å². The van der Waals surface area contributed by atoms with Crippen LogP contribution in [0.2, 0.25) is 0 Å². The standard InChI is InChI=1S/C13H16N2O4/c1-15(2)13(19)9-5-3-4-6-10(9)14-11(16)7-8-12(17)18/h3-6H,7-8H2,1-2H3,(H,14,16)(H,17,18). The van der Waals surface area contributed by atoms with Crippen LogP contribution < -0.4 is 5.32 Å². The number of aliphatic carboxylic acids is 1. The van der Waals surface area contributed by atoms with Gasteiger partial charge in [-0.2, -0.15) is 0 Å². The summed E-state index contributed by atoms with van der Waals surface area (Å²) < 4.78 is 0. The van der Waals surface area contributed by atoms with Crippen LogP contribution in [0.25, 0.3) is 0 Å². The fraction of sp³-hybridized carbons (Fsp3) is 0.308. The number of benzene rings is 1. The highest BCUT2D eigenvalue weighted by Gasteiger charge is 2.14. The summed E-state index contributed by atoms with van der Waals surface area (Å²) in [4.78, 5) is 35.2. The van der Waals surface area contributed by atoms with Gasteiger partial charge in [0.15, 0.2) is 0 Å². The molecule has 0 saturated heterocycles. The Bertz CT molecular complexity index is 497. The lowest BCUT2D eigenvalue weighted by Gasteiger charge is -2.14. The van der Waals surface area contributed by atoms with Gasteiger partial charge < -0.3 is 15.3 Å². The van der Waals surface area contributed by atoms with Gasteiger partial charge in [-0.25, -0.2) is 0 Å². The van der Waals surface area contributed by atoms with Crippen LogP contribution in [0, 0.1) is 0 Å². The lowest BCUT2D eigenvalue weighted by molar-refractivity contribution is -0.138. The number of hydrogen-bond acceptors (Lipinski definition) is 3. The lowest BCUT2D eigenvalue weighted by Crippen LogP contribution is -2.24. The second-order valence-corrected chi connectivity index (χ2v) is 4.19. The number of nitrogens with zero attached hydrogens (tertiary/aromatic N) is 1. The number of para-hydroxylation sites is 1. The average molecular weight is 264 g/mol. The van der Waals surface area contributed by atoms with Gasteiger partial charge in [-0.05, 0) is 12.1 Å². The number of carboxylic acids is 1. The minimum Gasteiger partial charge on any atom is -0.481 e. The van der Waals surface area contributed by atoms with Crippen LogP contribution in [0.15, 0.2) is 24.3 Å². The first-order valence-corrected chi connectivity index (χ1v) is 5.74. The van der Waals surface area contributed by atoms with E-state index >= 15 is 0 Å². The maximum absolute atomic E-state index is 11.9. The first-order chi connectivity index (χ1) is 8.91. The second-order valence-electron chi connectivity index (χ2n) is 4.19. The van der Waals surface area contributed by atoms with Crippen LogP contribution in [-0.4, -0.2) is 41.9 Å². The minimum absolute atomic E-state index is 0.125. The van der Waals surface area contributed by atoms with Gasteiger partial charge in [0, 0.05) is 20.5 Å². The van der Waals surface area contributed by atoms with Crippen molar-refractivity contribution in [2.75, 3.05) is 19.4 Å². The molecule has 0 radical (unpaired) electrons. The second kappa shape index (κ2) is 6.53. The Morgan fingerprint density at radius 1 is 1.16 bits per heavy atom. The van der Waals surface area contributed by atoms with E-state index in [0.717, 1.165) is 0 Å². The molecule has 0 heterocycles. The van der Waals surface area contributed by atoms with E-state index in [4.69, 9.17) is 5.11 Å². The van der Waals surface area contributed by atoms with Crippen molar-refractivity contribution in [1.29, 1.82) is 0 Å². The number of rotatable bonds is 5. The Hall–Kier alpha value is -2.37. The summed E-state index contributed by atoms with van der Waals surface area (Å²) in [6, 6.07) is 6.60. The summed E-state index contributed by atoms with van der Waals surface area (Å²) in [6.07, 6.45) is -0.366. The van der Waals surface area contributed by atoms with Crippen LogP contribution >= 0.6 is 0 Å². The van der Waals surface area contributed by atoms with Gasteiger partial charge in [0.05, 0.1) is 17.7 Å². The van der Waals surface area contributed by atoms with Crippen molar-refractivity contribution in [2.24, 2.45) is 0 Å². The van der Waals surface area contributed by atoms with Gasteiger partial charge in [0.25, 0.3) is 5.91 Å². The van der Waals surface area contributed by atoms with Crippen LogP contribution in [0.5, 0.6) is 0 Å². The Balaban J connectivity index is 2.81. The van der Waals surface area contributed by atoms with Crippen molar-refractivity contribution in [3.63, 3.8) is 0 Å². The molecule has 1 aromatic rings. The summed E-state index contributed by atoms with van der Waals surface area (Å²) in [6.45, 7) is 0. The van der Waals surface area contributed by atoms with E-state index in [1.54, 1.807) is 38.4 Å². The van der Waals surface area contributed by atoms with Crippen LogP contribution in [0.3, 0.4) is 0 Å². The van der Waals surface area contributed by atoms with E-state index in [2.05, 4.69) is 5.32 Å². The van der Waals surface area contributed by atoms with Gasteiger partial charge in [-0.15, -0.1) is 0 Å². The van der Waals surface area contributed by atoms with Crippen LogP contribution in [-0.2, 0) is 9.59 Å².